The van der Waals surface area contributed by atoms with Gasteiger partial charge in [-0.3, -0.25) is 4.79 Å². The third kappa shape index (κ3) is 5.32. The van der Waals surface area contributed by atoms with Crippen molar-refractivity contribution < 1.29 is 14.0 Å². The maximum atomic E-state index is 12.7. The van der Waals surface area contributed by atoms with E-state index in [1.807, 2.05) is 12.1 Å². The topological polar surface area (TPSA) is 70.2 Å². The van der Waals surface area contributed by atoms with E-state index in [4.69, 9.17) is 0 Å². The summed E-state index contributed by atoms with van der Waals surface area (Å²) in [5.74, 6) is -0.780. The van der Waals surface area contributed by atoms with Gasteiger partial charge in [0.15, 0.2) is 0 Å². The minimum absolute atomic E-state index is 0.187. The van der Waals surface area contributed by atoms with Crippen LogP contribution in [0.5, 0.6) is 0 Å². The van der Waals surface area contributed by atoms with Crippen molar-refractivity contribution in [1.82, 2.24) is 5.32 Å². The van der Waals surface area contributed by atoms with Crippen molar-refractivity contribution in [3.05, 3.63) is 57.9 Å². The Morgan fingerprint density at radius 2 is 1.73 bits per heavy atom. The van der Waals surface area contributed by atoms with Gasteiger partial charge in [0.1, 0.15) is 5.82 Å². The van der Waals surface area contributed by atoms with Crippen molar-refractivity contribution >= 4 is 45.9 Å². The van der Waals surface area contributed by atoms with Crippen LogP contribution in [-0.4, -0.2) is 18.5 Å². The van der Waals surface area contributed by atoms with E-state index < -0.39 is 11.9 Å². The van der Waals surface area contributed by atoms with Gasteiger partial charge in [-0.05, 0) is 65.1 Å². The van der Waals surface area contributed by atoms with E-state index in [1.165, 1.54) is 24.3 Å². The highest BCUT2D eigenvalue weighted by Crippen LogP contribution is 2.12. The second-order valence-electron chi connectivity index (χ2n) is 4.37. The van der Waals surface area contributed by atoms with Crippen LogP contribution in [0.1, 0.15) is 0 Å². The molecule has 0 atom stereocenters. The lowest BCUT2D eigenvalue weighted by atomic mass is 10.3. The van der Waals surface area contributed by atoms with Gasteiger partial charge in [0.2, 0.25) is 5.91 Å². The summed E-state index contributed by atoms with van der Waals surface area (Å²) in [6.07, 6.45) is 0. The zero-order valence-electron chi connectivity index (χ0n) is 11.4. The molecule has 3 N–H and O–H groups in total. The van der Waals surface area contributed by atoms with E-state index in [9.17, 15) is 14.0 Å². The SMILES string of the molecule is O=C(CNC(=O)Nc1cccc(I)c1)Nc1ccc(F)cc1. The molecule has 3 amide bonds. The predicted molar refractivity (Wildman–Crippen MR) is 91.2 cm³/mol. The van der Waals surface area contributed by atoms with Gasteiger partial charge in [-0.15, -0.1) is 0 Å². The second-order valence-corrected chi connectivity index (χ2v) is 5.62. The molecule has 0 saturated heterocycles. The molecule has 2 aromatic rings. The first-order valence-electron chi connectivity index (χ1n) is 6.39. The summed E-state index contributed by atoms with van der Waals surface area (Å²) in [7, 11) is 0. The highest BCUT2D eigenvalue weighted by Gasteiger charge is 2.06. The highest BCUT2D eigenvalue weighted by molar-refractivity contribution is 14.1. The molecule has 0 unspecified atom stereocenters. The first-order chi connectivity index (χ1) is 10.5. The van der Waals surface area contributed by atoms with Crippen molar-refractivity contribution in [2.45, 2.75) is 0 Å². The van der Waals surface area contributed by atoms with Gasteiger partial charge >= 0.3 is 6.03 Å². The summed E-state index contributed by atoms with van der Waals surface area (Å²) in [5, 5.41) is 7.62. The van der Waals surface area contributed by atoms with Crippen LogP contribution in [0, 0.1) is 9.39 Å². The Morgan fingerprint density at radius 1 is 1.00 bits per heavy atom. The summed E-state index contributed by atoms with van der Waals surface area (Å²) < 4.78 is 13.7. The number of halogens is 2. The number of carbonyl (C=O) groups excluding carboxylic acids is 2. The maximum Gasteiger partial charge on any atom is 0.319 e. The van der Waals surface area contributed by atoms with E-state index in [2.05, 4.69) is 38.5 Å². The fraction of sp³-hybridized carbons (Fsp3) is 0.0667. The molecule has 0 heterocycles. The maximum absolute atomic E-state index is 12.7. The number of rotatable bonds is 4. The van der Waals surface area contributed by atoms with Crippen molar-refractivity contribution in [3.8, 4) is 0 Å². The van der Waals surface area contributed by atoms with Crippen LogP contribution in [0.15, 0.2) is 48.5 Å². The van der Waals surface area contributed by atoms with Crippen LogP contribution in [-0.2, 0) is 4.79 Å². The minimum atomic E-state index is -0.476. The van der Waals surface area contributed by atoms with Crippen molar-refractivity contribution in [3.63, 3.8) is 0 Å². The molecule has 0 spiro atoms. The minimum Gasteiger partial charge on any atom is -0.329 e. The quantitative estimate of drug-likeness (QED) is 0.674. The van der Waals surface area contributed by atoms with Crippen LogP contribution in [0.2, 0.25) is 0 Å². The summed E-state index contributed by atoms with van der Waals surface area (Å²) >= 11 is 2.14. The Kier molecular flexibility index (Phi) is 5.70. The fourth-order valence-electron chi connectivity index (χ4n) is 1.64. The van der Waals surface area contributed by atoms with E-state index in [-0.39, 0.29) is 12.4 Å². The molecule has 0 aliphatic heterocycles. The van der Waals surface area contributed by atoms with Gasteiger partial charge in [0.25, 0.3) is 0 Å². The van der Waals surface area contributed by atoms with E-state index in [1.54, 1.807) is 12.1 Å². The van der Waals surface area contributed by atoms with Crippen LogP contribution in [0.25, 0.3) is 0 Å². The number of hydrogen-bond acceptors (Lipinski definition) is 2. The summed E-state index contributed by atoms with van der Waals surface area (Å²) in [4.78, 5) is 23.3. The molecule has 0 saturated carbocycles. The van der Waals surface area contributed by atoms with Gasteiger partial charge < -0.3 is 16.0 Å². The molecule has 0 aliphatic rings. The molecule has 0 bridgehead atoms. The average Bonchev–Trinajstić information content (AvgIpc) is 2.48. The van der Waals surface area contributed by atoms with Gasteiger partial charge in [-0.2, -0.15) is 0 Å². The predicted octanol–water partition coefficient (Wildman–Crippen LogP) is 3.19. The molecule has 22 heavy (non-hydrogen) atoms. The smallest absolute Gasteiger partial charge is 0.319 e. The first kappa shape index (κ1) is 16.2. The molecule has 5 nitrogen and oxygen atoms in total. The zero-order valence-corrected chi connectivity index (χ0v) is 13.6. The summed E-state index contributed by atoms with van der Waals surface area (Å²) in [6, 6.07) is 12.2. The standard InChI is InChI=1S/C15H13FIN3O2/c16-10-4-6-12(7-5-10)19-14(21)9-18-15(22)20-13-3-1-2-11(17)8-13/h1-8H,9H2,(H,19,21)(H2,18,20,22). The Bertz CT molecular complexity index is 677. The average molecular weight is 413 g/mol. The van der Waals surface area contributed by atoms with Gasteiger partial charge in [-0.25, -0.2) is 9.18 Å². The Morgan fingerprint density at radius 3 is 2.41 bits per heavy atom. The molecule has 0 aromatic heterocycles. The van der Waals surface area contributed by atoms with E-state index >= 15 is 0 Å². The Balaban J connectivity index is 1.78. The number of anilines is 2. The number of amides is 3. The normalized spacial score (nSPS) is 9.91. The fourth-order valence-corrected chi connectivity index (χ4v) is 2.18. The van der Waals surface area contributed by atoms with Crippen LogP contribution < -0.4 is 16.0 Å². The Hall–Kier alpha value is -2.16. The third-order valence-corrected chi connectivity index (χ3v) is 3.29. The number of hydrogen-bond donors (Lipinski definition) is 3. The molecule has 0 radical (unpaired) electrons. The van der Waals surface area contributed by atoms with Crippen molar-refractivity contribution in [1.29, 1.82) is 0 Å². The van der Waals surface area contributed by atoms with Gasteiger partial charge in [-0.1, -0.05) is 6.07 Å². The van der Waals surface area contributed by atoms with Crippen LogP contribution in [0.4, 0.5) is 20.6 Å². The number of nitrogens with one attached hydrogen (secondary N) is 3. The van der Waals surface area contributed by atoms with Crippen molar-refractivity contribution in [2.75, 3.05) is 17.2 Å². The van der Waals surface area contributed by atoms with E-state index in [0.717, 1.165) is 3.57 Å². The Labute approximate surface area is 140 Å². The lowest BCUT2D eigenvalue weighted by Crippen LogP contribution is -2.35. The zero-order chi connectivity index (χ0) is 15.9. The van der Waals surface area contributed by atoms with Gasteiger partial charge in [0, 0.05) is 14.9 Å². The highest BCUT2D eigenvalue weighted by atomic mass is 127. The van der Waals surface area contributed by atoms with Crippen molar-refractivity contribution in [2.24, 2.45) is 0 Å². The number of carbonyl (C=O) groups is 2. The molecule has 114 valence electrons. The lowest BCUT2D eigenvalue weighted by Gasteiger charge is -2.08. The number of benzene rings is 2. The van der Waals surface area contributed by atoms with Crippen LogP contribution in [0.3, 0.4) is 0 Å². The molecule has 7 heteroatoms. The summed E-state index contributed by atoms with van der Waals surface area (Å²) in [6.45, 7) is -0.187. The third-order valence-electron chi connectivity index (χ3n) is 2.62. The monoisotopic (exact) mass is 413 g/mol. The second kappa shape index (κ2) is 7.74. The molecule has 0 fully saturated rings. The number of urea groups is 1. The van der Waals surface area contributed by atoms with Gasteiger partial charge in [0.05, 0.1) is 6.54 Å². The van der Waals surface area contributed by atoms with Crippen LogP contribution >= 0.6 is 22.6 Å². The molecule has 2 rings (SSSR count). The molecular formula is C15H13FIN3O2. The first-order valence-corrected chi connectivity index (χ1v) is 7.46. The molecular weight excluding hydrogens is 400 g/mol. The largest absolute Gasteiger partial charge is 0.329 e. The molecule has 0 aliphatic carbocycles. The molecule has 2 aromatic carbocycles. The van der Waals surface area contributed by atoms with E-state index in [0.29, 0.717) is 11.4 Å². The lowest BCUT2D eigenvalue weighted by molar-refractivity contribution is -0.115. The summed E-state index contributed by atoms with van der Waals surface area (Å²) in [5.41, 5.74) is 1.11.